The first-order chi connectivity index (χ1) is 5.67. The van der Waals surface area contributed by atoms with E-state index in [4.69, 9.17) is 0 Å². The van der Waals surface area contributed by atoms with Crippen molar-refractivity contribution in [2.75, 3.05) is 6.54 Å². The number of nitrogens with one attached hydrogen (secondary N) is 2. The zero-order chi connectivity index (χ0) is 9.03. The third kappa shape index (κ3) is 1.95. The molecule has 0 radical (unpaired) electrons. The number of allylic oxidation sites excluding steroid dienone is 2. The first-order valence-electron chi connectivity index (χ1n) is 4.00. The summed E-state index contributed by atoms with van der Waals surface area (Å²) in [4.78, 5) is 4.15. The molecule has 0 aromatic heterocycles. The lowest BCUT2D eigenvalue weighted by Crippen LogP contribution is -2.47. The van der Waals surface area contributed by atoms with Crippen molar-refractivity contribution in [1.29, 1.82) is 0 Å². The van der Waals surface area contributed by atoms with Crippen molar-refractivity contribution in [3.63, 3.8) is 0 Å². The fourth-order valence-electron chi connectivity index (χ4n) is 1.08. The van der Waals surface area contributed by atoms with Crippen LogP contribution in [0.4, 0.5) is 0 Å². The van der Waals surface area contributed by atoms with Crippen LogP contribution in [-0.4, -0.2) is 18.4 Å². The van der Waals surface area contributed by atoms with Crippen molar-refractivity contribution in [2.45, 2.75) is 19.4 Å². The predicted octanol–water partition coefficient (Wildman–Crippen LogP) is 1.01. The molecule has 0 spiro atoms. The molecule has 66 valence electrons. The third-order valence-electron chi connectivity index (χ3n) is 1.92. The molecule has 3 nitrogen and oxygen atoms in total. The van der Waals surface area contributed by atoms with Crippen molar-refractivity contribution in [3.05, 3.63) is 24.3 Å². The molecule has 0 saturated heterocycles. The summed E-state index contributed by atoms with van der Waals surface area (Å²) in [5.74, 6) is 0. The Morgan fingerprint density at radius 2 is 2.42 bits per heavy atom. The SMILES string of the molecule is C=C/C=C1/CN=CNNC1(C)C. The molecule has 1 rings (SSSR count). The van der Waals surface area contributed by atoms with Crippen LogP contribution in [0.1, 0.15) is 13.8 Å². The summed E-state index contributed by atoms with van der Waals surface area (Å²) in [6, 6.07) is 0. The first-order valence-corrected chi connectivity index (χ1v) is 4.00. The lowest BCUT2D eigenvalue weighted by Gasteiger charge is -2.26. The molecule has 1 heterocycles. The monoisotopic (exact) mass is 165 g/mol. The van der Waals surface area contributed by atoms with Gasteiger partial charge in [0.05, 0.1) is 18.4 Å². The third-order valence-corrected chi connectivity index (χ3v) is 1.92. The summed E-state index contributed by atoms with van der Waals surface area (Å²) >= 11 is 0. The van der Waals surface area contributed by atoms with E-state index in [9.17, 15) is 0 Å². The highest BCUT2D eigenvalue weighted by Gasteiger charge is 2.22. The van der Waals surface area contributed by atoms with Gasteiger partial charge < -0.3 is 5.43 Å². The van der Waals surface area contributed by atoms with Gasteiger partial charge >= 0.3 is 0 Å². The van der Waals surface area contributed by atoms with Gasteiger partial charge in [0.1, 0.15) is 0 Å². The molecule has 0 fully saturated rings. The highest BCUT2D eigenvalue weighted by Crippen LogP contribution is 2.16. The second kappa shape index (κ2) is 3.54. The van der Waals surface area contributed by atoms with E-state index in [2.05, 4.69) is 36.3 Å². The summed E-state index contributed by atoms with van der Waals surface area (Å²) in [5.41, 5.74) is 7.21. The van der Waals surface area contributed by atoms with Gasteiger partial charge in [-0.1, -0.05) is 18.7 Å². The number of hydrazine groups is 1. The maximum atomic E-state index is 4.15. The molecule has 1 aliphatic rings. The Morgan fingerprint density at radius 3 is 3.08 bits per heavy atom. The summed E-state index contributed by atoms with van der Waals surface area (Å²) in [6.45, 7) is 8.60. The van der Waals surface area contributed by atoms with Gasteiger partial charge in [-0.25, -0.2) is 5.43 Å². The van der Waals surface area contributed by atoms with E-state index in [1.807, 2.05) is 6.08 Å². The van der Waals surface area contributed by atoms with Gasteiger partial charge in [0.25, 0.3) is 0 Å². The predicted molar refractivity (Wildman–Crippen MR) is 52.0 cm³/mol. The van der Waals surface area contributed by atoms with E-state index in [0.717, 1.165) is 6.54 Å². The maximum absolute atomic E-state index is 4.15. The lowest BCUT2D eigenvalue weighted by atomic mass is 9.94. The highest BCUT2D eigenvalue weighted by atomic mass is 15.4. The number of hydrogen-bond donors (Lipinski definition) is 2. The van der Waals surface area contributed by atoms with Crippen molar-refractivity contribution in [2.24, 2.45) is 4.99 Å². The molecule has 12 heavy (non-hydrogen) atoms. The Kier molecular flexibility index (Phi) is 2.65. The summed E-state index contributed by atoms with van der Waals surface area (Å²) in [5, 5.41) is 0. The van der Waals surface area contributed by atoms with E-state index >= 15 is 0 Å². The van der Waals surface area contributed by atoms with Crippen LogP contribution in [-0.2, 0) is 0 Å². The van der Waals surface area contributed by atoms with Crippen LogP contribution in [0.5, 0.6) is 0 Å². The molecule has 0 aromatic carbocycles. The smallest absolute Gasteiger partial charge is 0.0970 e. The molecule has 1 aliphatic heterocycles. The molecule has 2 N–H and O–H groups in total. The van der Waals surface area contributed by atoms with Crippen molar-refractivity contribution >= 4 is 6.34 Å². The van der Waals surface area contributed by atoms with Gasteiger partial charge in [-0.15, -0.1) is 0 Å². The Labute approximate surface area is 73.2 Å². The Balaban J connectivity index is 2.85. The van der Waals surface area contributed by atoms with Gasteiger partial charge in [-0.2, -0.15) is 0 Å². The van der Waals surface area contributed by atoms with Crippen LogP contribution in [0.15, 0.2) is 29.3 Å². The van der Waals surface area contributed by atoms with E-state index in [-0.39, 0.29) is 5.54 Å². The zero-order valence-electron chi connectivity index (χ0n) is 7.59. The van der Waals surface area contributed by atoms with Crippen LogP contribution < -0.4 is 10.9 Å². The average molecular weight is 165 g/mol. The molecule has 0 amide bonds. The zero-order valence-corrected chi connectivity index (χ0v) is 7.59. The summed E-state index contributed by atoms with van der Waals surface area (Å²) < 4.78 is 0. The van der Waals surface area contributed by atoms with Gasteiger partial charge in [0.2, 0.25) is 0 Å². The van der Waals surface area contributed by atoms with Crippen molar-refractivity contribution in [1.82, 2.24) is 10.9 Å². The first kappa shape index (κ1) is 9.00. The lowest BCUT2D eigenvalue weighted by molar-refractivity contribution is 0.434. The van der Waals surface area contributed by atoms with E-state index in [1.54, 1.807) is 12.4 Å². The fraction of sp³-hybridized carbons (Fsp3) is 0.444. The number of aliphatic imine (C=N–C) groups is 1. The summed E-state index contributed by atoms with van der Waals surface area (Å²) in [7, 11) is 0. The van der Waals surface area contributed by atoms with Gasteiger partial charge in [-0.3, -0.25) is 4.99 Å². The second-order valence-electron chi connectivity index (χ2n) is 3.29. The van der Waals surface area contributed by atoms with Gasteiger partial charge in [-0.05, 0) is 19.4 Å². The van der Waals surface area contributed by atoms with Gasteiger partial charge in [0.15, 0.2) is 0 Å². The average Bonchev–Trinajstić information content (AvgIpc) is 2.15. The number of hydrogen-bond acceptors (Lipinski definition) is 3. The molecule has 3 heteroatoms. The summed E-state index contributed by atoms with van der Waals surface area (Å²) in [6.07, 6.45) is 5.46. The second-order valence-corrected chi connectivity index (χ2v) is 3.29. The van der Waals surface area contributed by atoms with E-state index in [1.165, 1.54) is 5.57 Å². The number of nitrogens with zero attached hydrogens (tertiary/aromatic N) is 1. The maximum Gasteiger partial charge on any atom is 0.0970 e. The van der Waals surface area contributed by atoms with E-state index in [0.29, 0.717) is 0 Å². The minimum Gasteiger partial charge on any atom is -0.311 e. The minimum absolute atomic E-state index is 0.0648. The van der Waals surface area contributed by atoms with Crippen molar-refractivity contribution in [3.8, 4) is 0 Å². The van der Waals surface area contributed by atoms with Gasteiger partial charge in [0, 0.05) is 0 Å². The van der Waals surface area contributed by atoms with Crippen LogP contribution in [0, 0.1) is 0 Å². The topological polar surface area (TPSA) is 36.4 Å². The van der Waals surface area contributed by atoms with Crippen LogP contribution in [0.2, 0.25) is 0 Å². The van der Waals surface area contributed by atoms with Crippen LogP contribution in [0.3, 0.4) is 0 Å². The standard InChI is InChI=1S/C9H15N3/c1-4-5-8-6-10-7-11-12-9(8,2)3/h4-5,7,12H,1,6H2,2-3H3,(H,10,11)/b8-5-. The molecule has 0 bridgehead atoms. The molecular weight excluding hydrogens is 150 g/mol. The molecule has 0 atom stereocenters. The highest BCUT2D eigenvalue weighted by molar-refractivity contribution is 5.55. The Morgan fingerprint density at radius 1 is 1.67 bits per heavy atom. The Hall–Kier alpha value is -1.09. The normalized spacial score (nSPS) is 24.7. The quantitative estimate of drug-likeness (QED) is 0.608. The largest absolute Gasteiger partial charge is 0.311 e. The minimum atomic E-state index is -0.0648. The molecule has 0 saturated carbocycles. The Bertz CT molecular complexity index is 226. The molecule has 0 aromatic rings. The molecule has 0 aliphatic carbocycles. The molecule has 0 unspecified atom stereocenters. The fourth-order valence-corrected chi connectivity index (χ4v) is 1.08. The molecular formula is C9H15N3. The van der Waals surface area contributed by atoms with Crippen LogP contribution >= 0.6 is 0 Å². The van der Waals surface area contributed by atoms with Crippen molar-refractivity contribution < 1.29 is 0 Å². The van der Waals surface area contributed by atoms with Crippen LogP contribution in [0.25, 0.3) is 0 Å². The number of rotatable bonds is 1. The van der Waals surface area contributed by atoms with E-state index < -0.39 is 0 Å².